The van der Waals surface area contributed by atoms with E-state index >= 15 is 0 Å². The van der Waals surface area contributed by atoms with Gasteiger partial charge in [0.05, 0.1) is 11.5 Å². The van der Waals surface area contributed by atoms with E-state index in [4.69, 9.17) is 0 Å². The molecule has 2 N–H and O–H groups in total. The van der Waals surface area contributed by atoms with Crippen LogP contribution < -0.4 is 10.6 Å². The molecule has 20 heavy (non-hydrogen) atoms. The fourth-order valence-corrected chi connectivity index (χ4v) is 1.56. The lowest BCUT2D eigenvalue weighted by molar-refractivity contribution is -0.384. The Morgan fingerprint density at radius 1 is 1.40 bits per heavy atom. The van der Waals surface area contributed by atoms with Gasteiger partial charge in [-0.15, -0.1) is 0 Å². The molecule has 0 atom stereocenters. The van der Waals surface area contributed by atoms with E-state index in [1.54, 1.807) is 0 Å². The van der Waals surface area contributed by atoms with Gasteiger partial charge in [0.1, 0.15) is 12.0 Å². The number of nitro groups is 1. The van der Waals surface area contributed by atoms with Crippen molar-refractivity contribution >= 4 is 23.6 Å². The van der Waals surface area contributed by atoms with Crippen LogP contribution in [0.3, 0.4) is 0 Å². The molecule has 7 heteroatoms. The molecule has 0 radical (unpaired) electrons. The van der Waals surface area contributed by atoms with Gasteiger partial charge >= 0.3 is 0 Å². The predicted molar refractivity (Wildman–Crippen MR) is 74.9 cm³/mol. The third-order valence-corrected chi connectivity index (χ3v) is 2.31. The normalized spacial score (nSPS) is 10.8. The third kappa shape index (κ3) is 4.68. The zero-order valence-electron chi connectivity index (χ0n) is 11.6. The number of nitrogens with zero attached hydrogens (tertiary/aromatic N) is 1. The molecular formula is C13H17N3O4. The Morgan fingerprint density at radius 2 is 2.05 bits per heavy atom. The van der Waals surface area contributed by atoms with Gasteiger partial charge < -0.3 is 10.6 Å². The van der Waals surface area contributed by atoms with E-state index in [1.807, 2.05) is 20.8 Å². The quantitative estimate of drug-likeness (QED) is 0.485. The highest BCUT2D eigenvalue weighted by Crippen LogP contribution is 2.24. The largest absolute Gasteiger partial charge is 0.371 e. The van der Waals surface area contributed by atoms with E-state index in [1.165, 1.54) is 12.1 Å². The molecule has 0 bridgehead atoms. The Hall–Kier alpha value is -2.44. The van der Waals surface area contributed by atoms with Crippen LogP contribution >= 0.6 is 0 Å². The second kappa shape index (κ2) is 6.14. The number of nitrogens with one attached hydrogen (secondary N) is 2. The summed E-state index contributed by atoms with van der Waals surface area (Å²) >= 11 is 0. The smallest absolute Gasteiger partial charge is 0.293 e. The second-order valence-corrected chi connectivity index (χ2v) is 5.30. The predicted octanol–water partition coefficient (Wildman–Crippen LogP) is 1.73. The molecule has 0 spiro atoms. The molecule has 0 aliphatic rings. The van der Waals surface area contributed by atoms with Gasteiger partial charge in [-0.05, 0) is 32.9 Å². The number of rotatable bonds is 5. The Morgan fingerprint density at radius 3 is 2.55 bits per heavy atom. The molecular weight excluding hydrogens is 262 g/mol. The van der Waals surface area contributed by atoms with E-state index in [9.17, 15) is 19.7 Å². The van der Waals surface area contributed by atoms with Gasteiger partial charge in [-0.25, -0.2) is 0 Å². The summed E-state index contributed by atoms with van der Waals surface area (Å²) in [7, 11) is 0. The van der Waals surface area contributed by atoms with Gasteiger partial charge in [0.15, 0.2) is 0 Å². The number of anilines is 1. The molecule has 0 saturated heterocycles. The molecule has 1 rings (SSSR count). The van der Waals surface area contributed by atoms with Crippen LogP contribution in [-0.4, -0.2) is 29.2 Å². The summed E-state index contributed by atoms with van der Waals surface area (Å²) in [6, 6.07) is 4.02. The highest BCUT2D eigenvalue weighted by Gasteiger charge is 2.17. The van der Waals surface area contributed by atoms with E-state index in [2.05, 4.69) is 10.6 Å². The van der Waals surface area contributed by atoms with Crippen LogP contribution in [0.2, 0.25) is 0 Å². The molecule has 0 heterocycles. The summed E-state index contributed by atoms with van der Waals surface area (Å²) in [6.07, 6.45) is 0.531. The summed E-state index contributed by atoms with van der Waals surface area (Å²) in [5, 5.41) is 16.3. The van der Waals surface area contributed by atoms with Crippen molar-refractivity contribution in [2.45, 2.75) is 26.3 Å². The number of nitro benzene ring substituents is 1. The van der Waals surface area contributed by atoms with Crippen molar-refractivity contribution in [2.24, 2.45) is 0 Å². The maximum absolute atomic E-state index is 11.6. The Labute approximate surface area is 116 Å². The zero-order valence-corrected chi connectivity index (χ0v) is 11.6. The molecule has 7 nitrogen and oxygen atoms in total. The fraction of sp³-hybridized carbons (Fsp3) is 0.385. The van der Waals surface area contributed by atoms with Crippen molar-refractivity contribution in [3.05, 3.63) is 33.9 Å². The van der Waals surface area contributed by atoms with E-state index < -0.39 is 4.92 Å². The van der Waals surface area contributed by atoms with Crippen LogP contribution in [0.25, 0.3) is 0 Å². The average molecular weight is 279 g/mol. The Kier molecular flexibility index (Phi) is 4.79. The first-order valence-corrected chi connectivity index (χ1v) is 6.01. The minimum Gasteiger partial charge on any atom is -0.371 e. The molecule has 0 aromatic heterocycles. The molecule has 0 saturated carbocycles. The first kappa shape index (κ1) is 15.6. The lowest BCUT2D eigenvalue weighted by atomic mass is 10.1. The van der Waals surface area contributed by atoms with Crippen molar-refractivity contribution in [1.82, 2.24) is 5.32 Å². The Bertz CT molecular complexity index is 535. The van der Waals surface area contributed by atoms with Crippen LogP contribution in [0.4, 0.5) is 11.4 Å². The average Bonchev–Trinajstić information content (AvgIpc) is 2.34. The van der Waals surface area contributed by atoms with Gasteiger partial charge in [-0.2, -0.15) is 0 Å². The molecule has 1 amide bonds. The van der Waals surface area contributed by atoms with Crippen LogP contribution in [-0.2, 0) is 4.79 Å². The van der Waals surface area contributed by atoms with E-state index in [0.717, 1.165) is 6.07 Å². The number of hydrogen-bond acceptors (Lipinski definition) is 5. The standard InChI is InChI=1S/C13H17N3O4/c1-13(2,3)15-12(18)7-14-10-5-4-9(8-17)6-11(10)16(19)20/h4-6,8,14H,7H2,1-3H3,(H,15,18). The summed E-state index contributed by atoms with van der Waals surface area (Å²) in [4.78, 5) is 32.6. The van der Waals surface area contributed by atoms with Gasteiger partial charge in [0.2, 0.25) is 5.91 Å². The molecule has 1 aromatic rings. The number of carbonyl (C=O) groups is 2. The first-order valence-electron chi connectivity index (χ1n) is 6.01. The van der Waals surface area contributed by atoms with Gasteiger partial charge in [-0.3, -0.25) is 19.7 Å². The highest BCUT2D eigenvalue weighted by molar-refractivity contribution is 5.83. The van der Waals surface area contributed by atoms with Crippen molar-refractivity contribution in [2.75, 3.05) is 11.9 Å². The fourth-order valence-electron chi connectivity index (χ4n) is 1.56. The van der Waals surface area contributed by atoms with Gasteiger partial charge in [0.25, 0.3) is 5.69 Å². The van der Waals surface area contributed by atoms with Crippen molar-refractivity contribution in [3.63, 3.8) is 0 Å². The lowest BCUT2D eigenvalue weighted by Crippen LogP contribution is -2.43. The highest BCUT2D eigenvalue weighted by atomic mass is 16.6. The lowest BCUT2D eigenvalue weighted by Gasteiger charge is -2.20. The van der Waals surface area contributed by atoms with Crippen LogP contribution in [0.5, 0.6) is 0 Å². The SMILES string of the molecule is CC(C)(C)NC(=O)CNc1ccc(C=O)cc1[N+](=O)[O-]. The summed E-state index contributed by atoms with van der Waals surface area (Å²) in [5.41, 5.74) is -0.198. The number of amides is 1. The van der Waals surface area contributed by atoms with Crippen LogP contribution in [0.15, 0.2) is 18.2 Å². The first-order chi connectivity index (χ1) is 9.23. The van der Waals surface area contributed by atoms with Crippen LogP contribution in [0.1, 0.15) is 31.1 Å². The van der Waals surface area contributed by atoms with E-state index in [0.29, 0.717) is 6.29 Å². The summed E-state index contributed by atoms with van der Waals surface area (Å²) in [6.45, 7) is 5.43. The molecule has 0 unspecified atom stereocenters. The minimum atomic E-state index is -0.600. The second-order valence-electron chi connectivity index (χ2n) is 5.30. The molecule has 0 aliphatic carbocycles. The minimum absolute atomic E-state index is 0.0848. The maximum Gasteiger partial charge on any atom is 0.293 e. The summed E-state index contributed by atoms with van der Waals surface area (Å²) in [5.74, 6) is -0.272. The third-order valence-electron chi connectivity index (χ3n) is 2.31. The summed E-state index contributed by atoms with van der Waals surface area (Å²) < 4.78 is 0. The molecule has 108 valence electrons. The van der Waals surface area contributed by atoms with E-state index in [-0.39, 0.29) is 34.9 Å². The Balaban J connectivity index is 2.80. The zero-order chi connectivity index (χ0) is 15.3. The molecule has 0 fully saturated rings. The molecule has 0 aliphatic heterocycles. The van der Waals surface area contributed by atoms with Crippen LogP contribution in [0, 0.1) is 10.1 Å². The number of aldehydes is 1. The van der Waals surface area contributed by atoms with Crippen molar-refractivity contribution in [3.8, 4) is 0 Å². The number of carbonyl (C=O) groups excluding carboxylic acids is 2. The van der Waals surface area contributed by atoms with Gasteiger partial charge in [-0.1, -0.05) is 0 Å². The van der Waals surface area contributed by atoms with Crippen molar-refractivity contribution in [1.29, 1.82) is 0 Å². The number of hydrogen-bond donors (Lipinski definition) is 2. The van der Waals surface area contributed by atoms with Gasteiger partial charge in [0, 0.05) is 17.2 Å². The topological polar surface area (TPSA) is 101 Å². The molecule has 1 aromatic carbocycles. The maximum atomic E-state index is 11.6. The number of benzene rings is 1. The monoisotopic (exact) mass is 279 g/mol. The van der Waals surface area contributed by atoms with Crippen molar-refractivity contribution < 1.29 is 14.5 Å².